The van der Waals surface area contributed by atoms with E-state index in [1.807, 2.05) is 30.5 Å². The molecule has 0 unspecified atom stereocenters. The number of anilines is 1. The molecule has 2 fully saturated rings. The molecule has 0 radical (unpaired) electrons. The van der Waals surface area contributed by atoms with Crippen LogP contribution >= 0.6 is 0 Å². The van der Waals surface area contributed by atoms with Crippen LogP contribution in [0.1, 0.15) is 39.0 Å². The van der Waals surface area contributed by atoms with Gasteiger partial charge in [-0.25, -0.2) is 4.98 Å². The highest BCUT2D eigenvalue weighted by molar-refractivity contribution is 6.01. The maximum atomic E-state index is 13.2. The van der Waals surface area contributed by atoms with Crippen molar-refractivity contribution in [1.82, 2.24) is 14.9 Å². The number of carbonyl (C=O) groups is 2. The summed E-state index contributed by atoms with van der Waals surface area (Å²) >= 11 is 0. The molecule has 7 heteroatoms. The van der Waals surface area contributed by atoms with Crippen LogP contribution in [-0.4, -0.2) is 58.4 Å². The first-order valence-corrected chi connectivity index (χ1v) is 10.3. The van der Waals surface area contributed by atoms with Gasteiger partial charge in [0.2, 0.25) is 5.91 Å². The maximum absolute atomic E-state index is 13.2. The standard InChI is InChI=1S/C22H27N5O2/c1-16(23)13-17(28)15-27-10-4-7-22(21(27)29)8-11-26(12-9-22)20-14-24-18-5-2-3-6-19(18)25-20/h2-3,5-6,14,23H,4,7-13,15H2,1H3. The molecule has 4 rings (SSSR count). The highest BCUT2D eigenvalue weighted by Crippen LogP contribution is 2.41. The van der Waals surface area contributed by atoms with E-state index < -0.39 is 0 Å². The van der Waals surface area contributed by atoms with Gasteiger partial charge in [0.05, 0.1) is 29.2 Å². The van der Waals surface area contributed by atoms with Gasteiger partial charge in [0.15, 0.2) is 5.78 Å². The van der Waals surface area contributed by atoms with E-state index in [9.17, 15) is 9.59 Å². The number of aromatic nitrogens is 2. The molecule has 0 saturated carbocycles. The Kier molecular flexibility index (Phi) is 5.30. The second-order valence-electron chi connectivity index (χ2n) is 8.31. The summed E-state index contributed by atoms with van der Waals surface area (Å²) < 4.78 is 0. The Morgan fingerprint density at radius 3 is 2.59 bits per heavy atom. The number of Topliss-reactive ketones (excluding diaryl/α,β-unsaturated/α-hetero) is 1. The van der Waals surface area contributed by atoms with Crippen LogP contribution in [0.5, 0.6) is 0 Å². The highest BCUT2D eigenvalue weighted by Gasteiger charge is 2.46. The Hall–Kier alpha value is -2.83. The topological polar surface area (TPSA) is 90.2 Å². The number of hydrogen-bond donors (Lipinski definition) is 1. The van der Waals surface area contributed by atoms with Gasteiger partial charge in [0, 0.05) is 31.8 Å². The van der Waals surface area contributed by atoms with Crippen LogP contribution in [0.4, 0.5) is 5.82 Å². The van der Waals surface area contributed by atoms with Crippen molar-refractivity contribution >= 4 is 34.3 Å². The molecule has 1 amide bonds. The van der Waals surface area contributed by atoms with Crippen molar-refractivity contribution in [3.8, 4) is 0 Å². The molecule has 3 heterocycles. The van der Waals surface area contributed by atoms with E-state index in [4.69, 9.17) is 10.4 Å². The lowest BCUT2D eigenvalue weighted by atomic mass is 9.71. The van der Waals surface area contributed by atoms with E-state index >= 15 is 0 Å². The van der Waals surface area contributed by atoms with Crippen LogP contribution in [-0.2, 0) is 9.59 Å². The molecule has 0 aliphatic carbocycles. The highest BCUT2D eigenvalue weighted by atomic mass is 16.2. The number of ketones is 1. The predicted octanol–water partition coefficient (Wildman–Crippen LogP) is 2.84. The predicted molar refractivity (Wildman–Crippen MR) is 112 cm³/mol. The first-order valence-electron chi connectivity index (χ1n) is 10.3. The van der Waals surface area contributed by atoms with Crippen LogP contribution in [0.15, 0.2) is 30.5 Å². The molecule has 152 valence electrons. The molecule has 2 saturated heterocycles. The zero-order valence-electron chi connectivity index (χ0n) is 16.9. The third-order valence-electron chi connectivity index (χ3n) is 6.13. The van der Waals surface area contributed by atoms with Crippen molar-refractivity contribution in [1.29, 1.82) is 5.41 Å². The number of amides is 1. The second-order valence-corrected chi connectivity index (χ2v) is 8.31. The third kappa shape index (κ3) is 3.99. The zero-order chi connectivity index (χ0) is 20.4. The molecule has 29 heavy (non-hydrogen) atoms. The summed E-state index contributed by atoms with van der Waals surface area (Å²) in [5.41, 5.74) is 1.75. The molecule has 0 atom stereocenters. The van der Waals surface area contributed by atoms with E-state index in [1.165, 1.54) is 0 Å². The normalized spacial score (nSPS) is 19.0. The van der Waals surface area contributed by atoms with Gasteiger partial charge in [-0.15, -0.1) is 0 Å². The summed E-state index contributed by atoms with van der Waals surface area (Å²) in [7, 11) is 0. The first kappa shape index (κ1) is 19.5. The lowest BCUT2D eigenvalue weighted by Gasteiger charge is -2.46. The average molecular weight is 393 g/mol. The molecule has 1 aromatic carbocycles. The van der Waals surface area contributed by atoms with Crippen molar-refractivity contribution in [3.05, 3.63) is 30.5 Å². The van der Waals surface area contributed by atoms with E-state index in [0.29, 0.717) is 12.3 Å². The molecule has 1 aromatic heterocycles. The Labute approximate surface area is 170 Å². The molecular weight excluding hydrogens is 366 g/mol. The molecule has 1 spiro atoms. The third-order valence-corrected chi connectivity index (χ3v) is 6.13. The number of rotatable bonds is 5. The Morgan fingerprint density at radius 1 is 1.14 bits per heavy atom. The van der Waals surface area contributed by atoms with Gasteiger partial charge in [-0.1, -0.05) is 12.1 Å². The number of para-hydroxylation sites is 2. The van der Waals surface area contributed by atoms with Crippen molar-refractivity contribution < 1.29 is 9.59 Å². The van der Waals surface area contributed by atoms with Gasteiger partial charge in [-0.3, -0.25) is 14.6 Å². The van der Waals surface area contributed by atoms with Crippen LogP contribution in [0, 0.1) is 10.8 Å². The maximum Gasteiger partial charge on any atom is 0.229 e. The number of hydrogen-bond acceptors (Lipinski definition) is 6. The van der Waals surface area contributed by atoms with Crippen molar-refractivity contribution in [2.24, 2.45) is 5.41 Å². The van der Waals surface area contributed by atoms with E-state index in [0.717, 1.165) is 55.6 Å². The van der Waals surface area contributed by atoms with Crippen LogP contribution < -0.4 is 4.90 Å². The van der Waals surface area contributed by atoms with Crippen molar-refractivity contribution in [2.75, 3.05) is 31.1 Å². The number of piperidine rings is 2. The lowest BCUT2D eigenvalue weighted by molar-refractivity contribution is -0.150. The van der Waals surface area contributed by atoms with Gasteiger partial charge < -0.3 is 15.2 Å². The quantitative estimate of drug-likeness (QED) is 0.789. The zero-order valence-corrected chi connectivity index (χ0v) is 16.9. The summed E-state index contributed by atoms with van der Waals surface area (Å²) in [4.78, 5) is 38.5. The minimum absolute atomic E-state index is 0.0493. The SMILES string of the molecule is CC(=N)CC(=O)CN1CCCC2(CCN(c3cnc4ccccc4n3)CC2)C1=O. The van der Waals surface area contributed by atoms with Gasteiger partial charge in [-0.05, 0) is 44.7 Å². The summed E-state index contributed by atoms with van der Waals surface area (Å²) in [5, 5.41) is 7.50. The number of benzene rings is 1. The first-order chi connectivity index (χ1) is 14.0. The van der Waals surface area contributed by atoms with Gasteiger partial charge >= 0.3 is 0 Å². The minimum Gasteiger partial charge on any atom is -0.355 e. The average Bonchev–Trinajstić information content (AvgIpc) is 2.71. The van der Waals surface area contributed by atoms with E-state index in [-0.39, 0.29) is 30.1 Å². The van der Waals surface area contributed by atoms with Crippen molar-refractivity contribution in [2.45, 2.75) is 39.0 Å². The Bertz CT molecular complexity index is 949. The monoisotopic (exact) mass is 393 g/mol. The summed E-state index contributed by atoms with van der Waals surface area (Å²) in [5.74, 6) is 0.922. The van der Waals surface area contributed by atoms with Gasteiger partial charge in [0.25, 0.3) is 0 Å². The van der Waals surface area contributed by atoms with Crippen LogP contribution in [0.2, 0.25) is 0 Å². The number of fused-ring (bicyclic) bond motifs is 1. The Balaban J connectivity index is 1.43. The smallest absolute Gasteiger partial charge is 0.229 e. The number of likely N-dealkylation sites (tertiary alicyclic amines) is 1. The summed E-state index contributed by atoms with van der Waals surface area (Å²) in [6.45, 7) is 3.93. The van der Waals surface area contributed by atoms with Crippen LogP contribution in [0.3, 0.4) is 0 Å². The minimum atomic E-state index is -0.362. The Morgan fingerprint density at radius 2 is 1.86 bits per heavy atom. The molecule has 2 aliphatic rings. The fourth-order valence-electron chi connectivity index (χ4n) is 4.60. The summed E-state index contributed by atoms with van der Waals surface area (Å²) in [6, 6.07) is 7.83. The fraction of sp³-hybridized carbons (Fsp3) is 0.500. The number of carbonyl (C=O) groups excluding carboxylic acids is 2. The number of nitrogens with zero attached hydrogens (tertiary/aromatic N) is 4. The summed E-state index contributed by atoms with van der Waals surface area (Å²) in [6.07, 6.45) is 5.30. The molecule has 7 nitrogen and oxygen atoms in total. The van der Waals surface area contributed by atoms with Gasteiger partial charge in [-0.2, -0.15) is 0 Å². The molecule has 2 aliphatic heterocycles. The molecule has 0 bridgehead atoms. The second kappa shape index (κ2) is 7.89. The lowest BCUT2D eigenvalue weighted by Crippen LogP contribution is -2.54. The van der Waals surface area contributed by atoms with Crippen molar-refractivity contribution in [3.63, 3.8) is 0 Å². The molecular formula is C22H27N5O2. The molecule has 2 aromatic rings. The largest absolute Gasteiger partial charge is 0.355 e. The van der Waals surface area contributed by atoms with E-state index in [2.05, 4.69) is 9.88 Å². The number of nitrogens with one attached hydrogen (secondary N) is 1. The molecule has 1 N–H and O–H groups in total. The van der Waals surface area contributed by atoms with Gasteiger partial charge in [0.1, 0.15) is 5.82 Å². The van der Waals surface area contributed by atoms with Crippen LogP contribution in [0.25, 0.3) is 11.0 Å². The fourth-order valence-corrected chi connectivity index (χ4v) is 4.60. The van der Waals surface area contributed by atoms with E-state index in [1.54, 1.807) is 11.8 Å².